The van der Waals surface area contributed by atoms with Gasteiger partial charge in [-0.2, -0.15) is 0 Å². The average molecular weight is 263 g/mol. The highest BCUT2D eigenvalue weighted by molar-refractivity contribution is 9.09. The van der Waals surface area contributed by atoms with Gasteiger partial charge in [0.25, 0.3) is 0 Å². The third-order valence-electron chi connectivity index (χ3n) is 3.25. The molecule has 1 nitrogen and oxygen atoms in total. The normalized spacial score (nSPS) is 19.3. The Hall–Kier alpha value is 0.440. The Balaban J connectivity index is 1.78. The van der Waals surface area contributed by atoms with Crippen LogP contribution in [0.2, 0.25) is 0 Å². The molecular weight excluding hydrogens is 240 g/mol. The van der Waals surface area contributed by atoms with Crippen LogP contribution in [0, 0.1) is 11.8 Å². The first-order valence-corrected chi connectivity index (χ1v) is 7.08. The van der Waals surface area contributed by atoms with E-state index in [-0.39, 0.29) is 0 Å². The molecule has 0 bridgehead atoms. The molecule has 0 aromatic rings. The predicted octanol–water partition coefficient (Wildman–Crippen LogP) is 4.00. The summed E-state index contributed by atoms with van der Waals surface area (Å²) in [5.41, 5.74) is 0. The first-order chi connectivity index (χ1) is 6.83. The zero-order valence-electron chi connectivity index (χ0n) is 9.30. The Bertz CT molecular complexity index is 134. The van der Waals surface area contributed by atoms with Crippen LogP contribution in [0.5, 0.6) is 0 Å². The van der Waals surface area contributed by atoms with E-state index in [1.807, 2.05) is 0 Å². The summed E-state index contributed by atoms with van der Waals surface area (Å²) in [6, 6.07) is 0. The van der Waals surface area contributed by atoms with Crippen molar-refractivity contribution in [3.8, 4) is 0 Å². The van der Waals surface area contributed by atoms with Gasteiger partial charge in [0.05, 0.1) is 0 Å². The molecular formula is C12H23BrO. The molecule has 0 aliphatic heterocycles. The molecule has 1 atom stereocenters. The summed E-state index contributed by atoms with van der Waals surface area (Å²) in [5, 5.41) is 1.12. The van der Waals surface area contributed by atoms with Crippen LogP contribution < -0.4 is 0 Å². The SMILES string of the molecule is CC(CCBr)CCOCCC1CCC1. The third-order valence-corrected chi connectivity index (χ3v) is 3.71. The van der Waals surface area contributed by atoms with Crippen molar-refractivity contribution in [2.24, 2.45) is 11.8 Å². The van der Waals surface area contributed by atoms with E-state index in [0.717, 1.165) is 30.4 Å². The second-order valence-corrected chi connectivity index (χ2v) is 5.36. The molecule has 14 heavy (non-hydrogen) atoms. The van der Waals surface area contributed by atoms with Gasteiger partial charge in [-0.1, -0.05) is 42.1 Å². The zero-order valence-corrected chi connectivity index (χ0v) is 10.9. The lowest BCUT2D eigenvalue weighted by atomic mass is 9.83. The van der Waals surface area contributed by atoms with E-state index < -0.39 is 0 Å². The van der Waals surface area contributed by atoms with Gasteiger partial charge < -0.3 is 4.74 Å². The number of alkyl halides is 1. The molecule has 0 saturated heterocycles. The van der Waals surface area contributed by atoms with Crippen LogP contribution in [0.4, 0.5) is 0 Å². The van der Waals surface area contributed by atoms with Crippen LogP contribution in [0.25, 0.3) is 0 Å². The summed E-state index contributed by atoms with van der Waals surface area (Å²) in [7, 11) is 0. The summed E-state index contributed by atoms with van der Waals surface area (Å²) >= 11 is 3.47. The first-order valence-electron chi connectivity index (χ1n) is 5.96. The van der Waals surface area contributed by atoms with E-state index in [4.69, 9.17) is 4.74 Å². The average Bonchev–Trinajstić information content (AvgIpc) is 2.08. The van der Waals surface area contributed by atoms with Crippen LogP contribution in [0.15, 0.2) is 0 Å². The first kappa shape index (κ1) is 12.5. The lowest BCUT2D eigenvalue weighted by Gasteiger charge is -2.24. The van der Waals surface area contributed by atoms with Crippen molar-refractivity contribution in [1.82, 2.24) is 0 Å². The smallest absolute Gasteiger partial charge is 0.0468 e. The number of ether oxygens (including phenoxy) is 1. The summed E-state index contributed by atoms with van der Waals surface area (Å²) in [6.45, 7) is 4.25. The molecule has 2 heteroatoms. The third kappa shape index (κ3) is 5.35. The molecule has 0 spiro atoms. The molecule has 1 saturated carbocycles. The van der Waals surface area contributed by atoms with Crippen LogP contribution in [-0.4, -0.2) is 18.5 Å². The van der Waals surface area contributed by atoms with Gasteiger partial charge in [0.1, 0.15) is 0 Å². The number of halogens is 1. The molecule has 1 unspecified atom stereocenters. The molecule has 0 radical (unpaired) electrons. The van der Waals surface area contributed by atoms with Gasteiger partial charge in [-0.25, -0.2) is 0 Å². The van der Waals surface area contributed by atoms with E-state index in [2.05, 4.69) is 22.9 Å². The highest BCUT2D eigenvalue weighted by Crippen LogP contribution is 2.29. The molecule has 1 rings (SSSR count). The Kier molecular flexibility index (Phi) is 6.88. The molecule has 0 N–H and O–H groups in total. The van der Waals surface area contributed by atoms with Gasteiger partial charge in [0.2, 0.25) is 0 Å². The summed E-state index contributed by atoms with van der Waals surface area (Å²) in [6.07, 6.45) is 8.13. The monoisotopic (exact) mass is 262 g/mol. The summed E-state index contributed by atoms with van der Waals surface area (Å²) in [4.78, 5) is 0. The molecule has 1 aliphatic carbocycles. The van der Waals surface area contributed by atoms with Crippen LogP contribution in [0.3, 0.4) is 0 Å². The molecule has 0 heterocycles. The van der Waals surface area contributed by atoms with Crippen molar-refractivity contribution in [2.75, 3.05) is 18.5 Å². The van der Waals surface area contributed by atoms with E-state index in [1.54, 1.807) is 0 Å². The molecule has 1 aliphatic rings. The molecule has 0 aromatic heterocycles. The highest BCUT2D eigenvalue weighted by atomic mass is 79.9. The van der Waals surface area contributed by atoms with Crippen LogP contribution in [-0.2, 0) is 4.74 Å². The van der Waals surface area contributed by atoms with Crippen molar-refractivity contribution in [3.05, 3.63) is 0 Å². The van der Waals surface area contributed by atoms with Gasteiger partial charge in [0, 0.05) is 18.5 Å². The lowest BCUT2D eigenvalue weighted by molar-refractivity contribution is 0.0970. The molecule has 0 amide bonds. The van der Waals surface area contributed by atoms with Gasteiger partial charge in [-0.05, 0) is 31.1 Å². The second-order valence-electron chi connectivity index (χ2n) is 4.57. The van der Waals surface area contributed by atoms with Crippen molar-refractivity contribution < 1.29 is 4.74 Å². The minimum atomic E-state index is 0.804. The van der Waals surface area contributed by atoms with E-state index >= 15 is 0 Å². The summed E-state index contributed by atoms with van der Waals surface area (Å²) in [5.74, 6) is 1.80. The summed E-state index contributed by atoms with van der Waals surface area (Å²) < 4.78 is 5.64. The minimum absolute atomic E-state index is 0.804. The molecule has 0 aromatic carbocycles. The van der Waals surface area contributed by atoms with Crippen molar-refractivity contribution in [3.63, 3.8) is 0 Å². The topological polar surface area (TPSA) is 9.23 Å². The molecule has 84 valence electrons. The number of hydrogen-bond donors (Lipinski definition) is 0. The van der Waals surface area contributed by atoms with Crippen molar-refractivity contribution in [1.29, 1.82) is 0 Å². The second kappa shape index (κ2) is 7.70. The zero-order chi connectivity index (χ0) is 10.2. The minimum Gasteiger partial charge on any atom is -0.381 e. The van der Waals surface area contributed by atoms with Crippen LogP contribution >= 0.6 is 15.9 Å². The van der Waals surface area contributed by atoms with E-state index in [0.29, 0.717) is 0 Å². The number of rotatable bonds is 8. The van der Waals surface area contributed by atoms with Gasteiger partial charge in [0.15, 0.2) is 0 Å². The van der Waals surface area contributed by atoms with Crippen LogP contribution in [0.1, 0.15) is 45.4 Å². The van der Waals surface area contributed by atoms with Gasteiger partial charge in [-0.15, -0.1) is 0 Å². The van der Waals surface area contributed by atoms with Gasteiger partial charge in [-0.3, -0.25) is 0 Å². The standard InChI is InChI=1S/C12H23BrO/c1-11(5-8-13)6-9-14-10-7-12-3-2-4-12/h11-12H,2-10H2,1H3. The highest BCUT2D eigenvalue weighted by Gasteiger charge is 2.16. The Morgan fingerprint density at radius 3 is 2.64 bits per heavy atom. The Morgan fingerprint density at radius 2 is 2.07 bits per heavy atom. The maximum atomic E-state index is 5.64. The maximum absolute atomic E-state index is 5.64. The Morgan fingerprint density at radius 1 is 1.29 bits per heavy atom. The quantitative estimate of drug-likeness (QED) is 0.475. The maximum Gasteiger partial charge on any atom is 0.0468 e. The van der Waals surface area contributed by atoms with E-state index in [9.17, 15) is 0 Å². The fourth-order valence-corrected chi connectivity index (χ4v) is 2.53. The largest absolute Gasteiger partial charge is 0.381 e. The fraction of sp³-hybridized carbons (Fsp3) is 1.00. The lowest BCUT2D eigenvalue weighted by Crippen LogP contribution is -2.14. The van der Waals surface area contributed by atoms with Crippen molar-refractivity contribution >= 4 is 15.9 Å². The predicted molar refractivity (Wildman–Crippen MR) is 65.0 cm³/mol. The molecule has 1 fully saturated rings. The van der Waals surface area contributed by atoms with E-state index in [1.165, 1.54) is 38.5 Å². The Labute approximate surface area is 96.7 Å². The van der Waals surface area contributed by atoms with Crippen molar-refractivity contribution in [2.45, 2.75) is 45.4 Å². The fourth-order valence-electron chi connectivity index (χ4n) is 1.75. The van der Waals surface area contributed by atoms with Gasteiger partial charge >= 0.3 is 0 Å². The number of hydrogen-bond acceptors (Lipinski definition) is 1.